The fourth-order valence-electron chi connectivity index (χ4n) is 1.63. The molecule has 0 radical (unpaired) electrons. The molecular weight excluding hydrogens is 248 g/mol. The third-order valence-electron chi connectivity index (χ3n) is 2.51. The van der Waals surface area contributed by atoms with E-state index in [1.165, 1.54) is 0 Å². The van der Waals surface area contributed by atoms with E-state index in [-0.39, 0.29) is 0 Å². The zero-order valence-corrected chi connectivity index (χ0v) is 10.8. The monoisotopic (exact) mass is 266 g/mol. The number of rotatable bonds is 4. The number of nitrogens with two attached hydrogens (primary N) is 1. The zero-order valence-electron chi connectivity index (χ0n) is 10.8. The zero-order chi connectivity index (χ0) is 13.5. The van der Waals surface area contributed by atoms with E-state index in [0.29, 0.717) is 38.1 Å². The molecule has 0 saturated heterocycles. The van der Waals surface area contributed by atoms with Gasteiger partial charge in [0.1, 0.15) is 13.2 Å². The fraction of sp³-hybridized carbons (Fsp3) is 0.417. The quantitative estimate of drug-likeness (QED) is 0.239. The Balaban J connectivity index is 2.03. The third kappa shape index (κ3) is 3.73. The predicted molar refractivity (Wildman–Crippen MR) is 72.6 cm³/mol. The van der Waals surface area contributed by atoms with Gasteiger partial charge in [0.25, 0.3) is 0 Å². The Morgan fingerprint density at radius 3 is 2.89 bits per heavy atom. The molecule has 104 valence electrons. The first-order valence-electron chi connectivity index (χ1n) is 6.00. The number of anilines is 1. The first-order valence-corrected chi connectivity index (χ1v) is 6.00. The SMILES string of the molecule is COCCN=C(NN)Nc1ccc2c(c1)OCCO2. The number of guanidine groups is 1. The summed E-state index contributed by atoms with van der Waals surface area (Å²) >= 11 is 0. The molecule has 0 aromatic heterocycles. The molecule has 1 aliphatic rings. The van der Waals surface area contributed by atoms with E-state index in [9.17, 15) is 0 Å². The Kier molecular flexibility index (Phi) is 4.82. The molecule has 1 aromatic carbocycles. The molecule has 1 aromatic rings. The van der Waals surface area contributed by atoms with Gasteiger partial charge in [-0.3, -0.25) is 5.43 Å². The Labute approximate surface area is 111 Å². The number of nitrogens with one attached hydrogen (secondary N) is 2. The molecule has 0 aliphatic carbocycles. The molecule has 0 atom stereocenters. The van der Waals surface area contributed by atoms with Gasteiger partial charge in [0.05, 0.1) is 13.2 Å². The lowest BCUT2D eigenvalue weighted by Gasteiger charge is -2.19. The molecule has 0 bridgehead atoms. The Morgan fingerprint density at radius 1 is 1.37 bits per heavy atom. The average Bonchev–Trinajstić information content (AvgIpc) is 2.46. The molecule has 0 unspecified atom stereocenters. The van der Waals surface area contributed by atoms with E-state index in [1.54, 1.807) is 7.11 Å². The minimum Gasteiger partial charge on any atom is -0.486 e. The highest BCUT2D eigenvalue weighted by atomic mass is 16.6. The Morgan fingerprint density at radius 2 is 2.16 bits per heavy atom. The van der Waals surface area contributed by atoms with E-state index >= 15 is 0 Å². The van der Waals surface area contributed by atoms with Crippen molar-refractivity contribution in [2.75, 3.05) is 38.8 Å². The van der Waals surface area contributed by atoms with Crippen LogP contribution in [0.4, 0.5) is 5.69 Å². The highest BCUT2D eigenvalue weighted by molar-refractivity contribution is 5.93. The summed E-state index contributed by atoms with van der Waals surface area (Å²) in [6.07, 6.45) is 0. The molecule has 0 amide bonds. The lowest BCUT2D eigenvalue weighted by molar-refractivity contribution is 0.171. The largest absolute Gasteiger partial charge is 0.486 e. The van der Waals surface area contributed by atoms with Crippen LogP contribution >= 0.6 is 0 Å². The highest BCUT2D eigenvalue weighted by Gasteiger charge is 2.12. The second-order valence-electron chi connectivity index (χ2n) is 3.85. The normalized spacial score (nSPS) is 14.1. The standard InChI is InChI=1S/C12H18N4O3/c1-17-5-4-14-12(16-13)15-9-2-3-10-11(8-9)19-7-6-18-10/h2-3,8H,4-7,13H2,1H3,(H2,14,15,16). The summed E-state index contributed by atoms with van der Waals surface area (Å²) in [6.45, 7) is 2.19. The summed E-state index contributed by atoms with van der Waals surface area (Å²) < 4.78 is 15.9. The molecular formula is C12H18N4O3. The Hall–Kier alpha value is -1.99. The maximum Gasteiger partial charge on any atom is 0.210 e. The number of hydrogen-bond donors (Lipinski definition) is 3. The molecule has 2 rings (SSSR count). The molecule has 1 aliphatic heterocycles. The molecule has 19 heavy (non-hydrogen) atoms. The number of benzene rings is 1. The maximum absolute atomic E-state index is 5.50. The van der Waals surface area contributed by atoms with Crippen molar-refractivity contribution < 1.29 is 14.2 Å². The van der Waals surface area contributed by atoms with Crippen molar-refractivity contribution in [3.05, 3.63) is 18.2 Å². The smallest absolute Gasteiger partial charge is 0.210 e. The summed E-state index contributed by atoms with van der Waals surface area (Å²) in [5.41, 5.74) is 3.32. The van der Waals surface area contributed by atoms with Crippen LogP contribution in [-0.4, -0.2) is 39.4 Å². The molecule has 1 heterocycles. The van der Waals surface area contributed by atoms with E-state index in [2.05, 4.69) is 15.7 Å². The van der Waals surface area contributed by atoms with Gasteiger partial charge < -0.3 is 19.5 Å². The van der Waals surface area contributed by atoms with Crippen molar-refractivity contribution in [3.8, 4) is 11.5 Å². The van der Waals surface area contributed by atoms with E-state index in [4.69, 9.17) is 20.1 Å². The minimum atomic E-state index is 0.466. The predicted octanol–water partition coefficient (Wildman–Crippen LogP) is 0.335. The van der Waals surface area contributed by atoms with Gasteiger partial charge >= 0.3 is 0 Å². The number of nitrogens with zero attached hydrogens (tertiary/aromatic N) is 1. The highest BCUT2D eigenvalue weighted by Crippen LogP contribution is 2.32. The van der Waals surface area contributed by atoms with Crippen LogP contribution in [0.1, 0.15) is 0 Å². The molecule has 4 N–H and O–H groups in total. The first kappa shape index (κ1) is 13.4. The van der Waals surface area contributed by atoms with Crippen molar-refractivity contribution >= 4 is 11.6 Å². The van der Waals surface area contributed by atoms with Gasteiger partial charge in [-0.1, -0.05) is 0 Å². The summed E-state index contributed by atoms with van der Waals surface area (Å²) in [7, 11) is 1.62. The van der Waals surface area contributed by atoms with Crippen LogP contribution in [-0.2, 0) is 4.74 Å². The van der Waals surface area contributed by atoms with Crippen molar-refractivity contribution in [3.63, 3.8) is 0 Å². The van der Waals surface area contributed by atoms with Crippen molar-refractivity contribution in [1.82, 2.24) is 5.43 Å². The van der Waals surface area contributed by atoms with Crippen LogP contribution in [0.25, 0.3) is 0 Å². The van der Waals surface area contributed by atoms with E-state index < -0.39 is 0 Å². The van der Waals surface area contributed by atoms with Crippen LogP contribution in [0.2, 0.25) is 0 Å². The number of fused-ring (bicyclic) bond motifs is 1. The van der Waals surface area contributed by atoms with Crippen molar-refractivity contribution in [1.29, 1.82) is 0 Å². The maximum atomic E-state index is 5.50. The lowest BCUT2D eigenvalue weighted by atomic mass is 10.2. The summed E-state index contributed by atoms with van der Waals surface area (Å²) in [6, 6.07) is 5.56. The average molecular weight is 266 g/mol. The van der Waals surface area contributed by atoms with Gasteiger partial charge in [0, 0.05) is 18.9 Å². The minimum absolute atomic E-state index is 0.466. The Bertz CT molecular complexity index is 451. The van der Waals surface area contributed by atoms with Gasteiger partial charge in [-0.15, -0.1) is 0 Å². The first-order chi connectivity index (χ1) is 9.33. The molecule has 0 fully saturated rings. The molecule has 7 nitrogen and oxygen atoms in total. The van der Waals surface area contributed by atoms with Gasteiger partial charge in [-0.05, 0) is 12.1 Å². The van der Waals surface area contributed by atoms with Crippen LogP contribution < -0.4 is 26.1 Å². The van der Waals surface area contributed by atoms with Gasteiger partial charge in [-0.2, -0.15) is 0 Å². The number of methoxy groups -OCH3 is 1. The van der Waals surface area contributed by atoms with Crippen LogP contribution in [0.3, 0.4) is 0 Å². The topological polar surface area (TPSA) is 90.1 Å². The number of hydrazine groups is 1. The van der Waals surface area contributed by atoms with Crippen molar-refractivity contribution in [2.24, 2.45) is 10.8 Å². The summed E-state index contributed by atoms with van der Waals surface area (Å²) in [5, 5.41) is 3.06. The second kappa shape index (κ2) is 6.81. The van der Waals surface area contributed by atoms with Gasteiger partial charge in [0.15, 0.2) is 11.5 Å². The van der Waals surface area contributed by atoms with Crippen LogP contribution in [0.5, 0.6) is 11.5 Å². The number of hydrogen-bond acceptors (Lipinski definition) is 5. The van der Waals surface area contributed by atoms with E-state index in [0.717, 1.165) is 11.4 Å². The third-order valence-corrected chi connectivity index (χ3v) is 2.51. The molecule has 0 spiro atoms. The van der Waals surface area contributed by atoms with Crippen LogP contribution in [0, 0.1) is 0 Å². The van der Waals surface area contributed by atoms with Crippen molar-refractivity contribution in [2.45, 2.75) is 0 Å². The van der Waals surface area contributed by atoms with Gasteiger partial charge in [0.2, 0.25) is 5.96 Å². The number of aliphatic imine (C=N–C) groups is 1. The number of ether oxygens (including phenoxy) is 3. The molecule has 0 saturated carbocycles. The van der Waals surface area contributed by atoms with Crippen LogP contribution in [0.15, 0.2) is 23.2 Å². The lowest BCUT2D eigenvalue weighted by Crippen LogP contribution is -2.36. The summed E-state index contributed by atoms with van der Waals surface area (Å²) in [5.74, 6) is 7.33. The summed E-state index contributed by atoms with van der Waals surface area (Å²) in [4.78, 5) is 4.21. The molecule has 7 heteroatoms. The fourth-order valence-corrected chi connectivity index (χ4v) is 1.63. The second-order valence-corrected chi connectivity index (χ2v) is 3.85. The van der Waals surface area contributed by atoms with Gasteiger partial charge in [-0.25, -0.2) is 10.8 Å². The van der Waals surface area contributed by atoms with E-state index in [1.807, 2.05) is 18.2 Å².